The molecular formula is C27H26O12. The van der Waals surface area contributed by atoms with Crippen LogP contribution in [0.3, 0.4) is 0 Å². The van der Waals surface area contributed by atoms with Crippen LogP contribution in [0.15, 0.2) is 48.0 Å². The summed E-state index contributed by atoms with van der Waals surface area (Å²) in [6.45, 7) is 0. The first-order valence-electron chi connectivity index (χ1n) is 11.8. The van der Waals surface area contributed by atoms with Gasteiger partial charge in [0.25, 0.3) is 0 Å². The molecular weight excluding hydrogens is 516 g/mol. The molecule has 0 aromatic heterocycles. The normalized spacial score (nSPS) is 27.9. The minimum Gasteiger partial charge on any atom is -0.504 e. The van der Waals surface area contributed by atoms with Crippen molar-refractivity contribution in [1.82, 2.24) is 0 Å². The number of esters is 2. The predicted octanol–water partition coefficient (Wildman–Crippen LogP) is 1.56. The van der Waals surface area contributed by atoms with Gasteiger partial charge in [-0.05, 0) is 60.4 Å². The molecule has 2 aliphatic rings. The van der Waals surface area contributed by atoms with Crippen molar-refractivity contribution >= 4 is 30.1 Å². The number of phenols is 4. The number of rotatable bonds is 5. The number of hydrogen-bond donors (Lipinski definition) is 7. The monoisotopic (exact) mass is 542 g/mol. The van der Waals surface area contributed by atoms with E-state index in [0.717, 1.165) is 6.08 Å². The number of benzene rings is 2. The summed E-state index contributed by atoms with van der Waals surface area (Å²) in [5.41, 5.74) is -3.47. The van der Waals surface area contributed by atoms with E-state index >= 15 is 0 Å². The van der Waals surface area contributed by atoms with E-state index in [0.29, 0.717) is 11.1 Å². The van der Waals surface area contributed by atoms with Crippen molar-refractivity contribution in [2.24, 2.45) is 0 Å². The molecule has 0 bridgehead atoms. The minimum atomic E-state index is -2.46. The van der Waals surface area contributed by atoms with Crippen LogP contribution in [0.5, 0.6) is 23.0 Å². The summed E-state index contributed by atoms with van der Waals surface area (Å²) in [4.78, 5) is 37.4. The lowest BCUT2D eigenvalue weighted by atomic mass is 9.68. The molecule has 2 fully saturated rings. The number of aliphatic carboxylic acids is 1. The number of phenolic OH excluding ortho intramolecular Hbond substituents is 4. The number of aliphatic hydroxyl groups is 2. The summed E-state index contributed by atoms with van der Waals surface area (Å²) in [5.74, 6) is -5.08. The molecule has 1 heterocycles. The Balaban J connectivity index is 1.59. The number of ether oxygens (including phenoxy) is 2. The number of hydrogen-bond acceptors (Lipinski definition) is 11. The Morgan fingerprint density at radius 3 is 2.15 bits per heavy atom. The van der Waals surface area contributed by atoms with Crippen molar-refractivity contribution in [3.63, 3.8) is 0 Å². The number of carboxylic acids is 1. The average molecular weight is 542 g/mol. The van der Waals surface area contributed by atoms with E-state index in [1.165, 1.54) is 48.6 Å². The zero-order chi connectivity index (χ0) is 28.5. The Morgan fingerprint density at radius 2 is 1.56 bits per heavy atom. The van der Waals surface area contributed by atoms with Crippen LogP contribution >= 0.6 is 0 Å². The first-order chi connectivity index (χ1) is 18.3. The zero-order valence-electron chi connectivity index (χ0n) is 20.4. The van der Waals surface area contributed by atoms with Crippen LogP contribution < -0.4 is 0 Å². The molecule has 1 spiro atoms. The highest BCUT2D eigenvalue weighted by molar-refractivity contribution is 5.95. The van der Waals surface area contributed by atoms with Crippen LogP contribution in [0.1, 0.15) is 36.8 Å². The molecule has 1 saturated carbocycles. The Bertz CT molecular complexity index is 1380. The summed E-state index contributed by atoms with van der Waals surface area (Å²) in [5, 5.41) is 69.3. The lowest BCUT2D eigenvalue weighted by Crippen LogP contribution is -2.67. The molecule has 12 nitrogen and oxygen atoms in total. The van der Waals surface area contributed by atoms with Gasteiger partial charge in [-0.25, -0.2) is 14.4 Å². The first kappa shape index (κ1) is 27.5. The number of carbonyl (C=O) groups is 3. The number of carbonyl (C=O) groups excluding carboxylic acids is 2. The predicted molar refractivity (Wildman–Crippen MR) is 132 cm³/mol. The van der Waals surface area contributed by atoms with Gasteiger partial charge in [-0.1, -0.05) is 12.1 Å². The maximum absolute atomic E-state index is 13.0. The Hall–Kier alpha value is -4.55. The summed E-state index contributed by atoms with van der Waals surface area (Å²) in [6, 6.07) is 7.70. The lowest BCUT2D eigenvalue weighted by Gasteiger charge is -2.51. The topological polar surface area (TPSA) is 211 Å². The molecule has 1 aliphatic carbocycles. The van der Waals surface area contributed by atoms with E-state index in [1.54, 1.807) is 0 Å². The molecule has 12 heteroatoms. The van der Waals surface area contributed by atoms with Gasteiger partial charge in [-0.15, -0.1) is 0 Å². The van der Waals surface area contributed by atoms with E-state index < -0.39 is 65.7 Å². The Kier molecular flexibility index (Phi) is 7.27. The van der Waals surface area contributed by atoms with Gasteiger partial charge in [-0.3, -0.25) is 0 Å². The van der Waals surface area contributed by atoms with Crippen molar-refractivity contribution in [2.75, 3.05) is 0 Å². The molecule has 39 heavy (non-hydrogen) atoms. The molecule has 1 aliphatic heterocycles. The zero-order valence-corrected chi connectivity index (χ0v) is 20.4. The first-order valence-corrected chi connectivity index (χ1v) is 11.8. The largest absolute Gasteiger partial charge is 0.504 e. The molecule has 0 unspecified atom stereocenters. The smallest absolute Gasteiger partial charge is 0.335 e. The highest BCUT2D eigenvalue weighted by Gasteiger charge is 2.62. The van der Waals surface area contributed by atoms with Gasteiger partial charge < -0.3 is 45.2 Å². The van der Waals surface area contributed by atoms with Crippen molar-refractivity contribution < 1.29 is 59.6 Å². The lowest BCUT2D eigenvalue weighted by molar-refractivity contribution is -0.244. The van der Waals surface area contributed by atoms with Gasteiger partial charge in [-0.2, -0.15) is 0 Å². The van der Waals surface area contributed by atoms with Gasteiger partial charge in [0, 0.05) is 24.5 Å². The summed E-state index contributed by atoms with van der Waals surface area (Å²) in [7, 11) is 0. The summed E-state index contributed by atoms with van der Waals surface area (Å²) >= 11 is 0. The van der Waals surface area contributed by atoms with Crippen molar-refractivity contribution in [2.45, 2.75) is 49.1 Å². The van der Waals surface area contributed by atoms with E-state index in [1.807, 2.05) is 0 Å². The third-order valence-electron chi connectivity index (χ3n) is 6.90. The second-order valence-corrected chi connectivity index (χ2v) is 9.53. The van der Waals surface area contributed by atoms with Crippen molar-refractivity contribution in [1.29, 1.82) is 0 Å². The van der Waals surface area contributed by atoms with Crippen molar-refractivity contribution in [3.8, 4) is 23.0 Å². The Morgan fingerprint density at radius 1 is 0.949 bits per heavy atom. The number of aliphatic hydroxyl groups excluding tert-OH is 1. The van der Waals surface area contributed by atoms with Crippen LogP contribution in [-0.4, -0.2) is 77.1 Å². The third-order valence-corrected chi connectivity index (χ3v) is 6.90. The molecule has 4 atom stereocenters. The molecule has 0 radical (unpaired) electrons. The maximum Gasteiger partial charge on any atom is 0.335 e. The number of carboxylic acid groups (broad SMARTS) is 1. The highest BCUT2D eigenvalue weighted by atomic mass is 16.6. The Labute approximate surface area is 221 Å². The fourth-order valence-electron chi connectivity index (χ4n) is 4.72. The molecule has 2 aromatic rings. The summed E-state index contributed by atoms with van der Waals surface area (Å²) in [6.07, 6.45) is -1.06. The molecule has 2 aromatic carbocycles. The van der Waals surface area contributed by atoms with Crippen LogP contribution in [0.4, 0.5) is 0 Å². The highest BCUT2D eigenvalue weighted by Crippen LogP contribution is 2.46. The molecule has 206 valence electrons. The standard InChI is InChI=1S/C27H26O12/c28-17-4-1-14(10-19(17)30)3-6-23(33)38-22-13-26(37,25(35)36)12-21(32)27(22)8-7-16(24(34)39-27)9-15-2-5-18(29)20(31)11-15/h1-6,9-11,21-22,28-32,37H,7-8,12-13H2,(H,35,36)/t21-,22+,26-,27-/m1/s1. The molecule has 7 N–H and O–H groups in total. The van der Waals surface area contributed by atoms with E-state index in [-0.39, 0.29) is 29.9 Å². The second-order valence-electron chi connectivity index (χ2n) is 9.53. The van der Waals surface area contributed by atoms with Gasteiger partial charge in [0.1, 0.15) is 12.2 Å². The molecule has 1 saturated heterocycles. The van der Waals surface area contributed by atoms with Gasteiger partial charge in [0.2, 0.25) is 0 Å². The number of aromatic hydroxyl groups is 4. The molecule has 0 amide bonds. The fraction of sp³-hybridized carbons (Fsp3) is 0.296. The quantitative estimate of drug-likeness (QED) is 0.163. The summed E-state index contributed by atoms with van der Waals surface area (Å²) < 4.78 is 11.0. The van der Waals surface area contributed by atoms with Gasteiger partial charge >= 0.3 is 17.9 Å². The van der Waals surface area contributed by atoms with Crippen LogP contribution in [0.25, 0.3) is 12.2 Å². The van der Waals surface area contributed by atoms with E-state index in [2.05, 4.69) is 0 Å². The van der Waals surface area contributed by atoms with E-state index in [4.69, 9.17) is 9.47 Å². The van der Waals surface area contributed by atoms with Gasteiger partial charge in [0.05, 0.1) is 0 Å². The third kappa shape index (κ3) is 5.52. The molecule has 4 rings (SSSR count). The van der Waals surface area contributed by atoms with Crippen LogP contribution in [-0.2, 0) is 23.9 Å². The average Bonchev–Trinajstić information content (AvgIpc) is 2.87. The van der Waals surface area contributed by atoms with Crippen LogP contribution in [0.2, 0.25) is 0 Å². The van der Waals surface area contributed by atoms with Crippen molar-refractivity contribution in [3.05, 3.63) is 59.2 Å². The minimum absolute atomic E-state index is 0.0136. The maximum atomic E-state index is 13.0. The van der Waals surface area contributed by atoms with Gasteiger partial charge in [0.15, 0.2) is 34.2 Å². The second kappa shape index (κ2) is 10.3. The fourth-order valence-corrected chi connectivity index (χ4v) is 4.72. The SMILES string of the molecule is O=C(C=Cc1ccc(O)c(O)c1)O[C@H]1C[C@@](O)(C(=O)O)C[C@@H](O)[C@]12CCC(=Cc1ccc(O)c(O)c1)C(=O)O2. The van der Waals surface area contributed by atoms with Crippen LogP contribution in [0, 0.1) is 0 Å². The van der Waals surface area contributed by atoms with E-state index in [9.17, 15) is 50.1 Å².